The van der Waals surface area contributed by atoms with E-state index in [1.54, 1.807) is 13.3 Å². The molecule has 16 nitrogen and oxygen atoms in total. The van der Waals surface area contributed by atoms with Gasteiger partial charge < -0.3 is 24.8 Å². The number of hydrogen-bond donors (Lipinski definition) is 2. The third kappa shape index (κ3) is 7.94. The van der Waals surface area contributed by atoms with Crippen LogP contribution >= 0.6 is 0 Å². The molecule has 0 radical (unpaired) electrons. The van der Waals surface area contributed by atoms with Gasteiger partial charge in [-0.15, -0.1) is 0 Å². The van der Waals surface area contributed by atoms with Crippen LogP contribution in [0.1, 0.15) is 79.9 Å². The molecule has 1 aromatic carbocycles. The van der Waals surface area contributed by atoms with Crippen molar-refractivity contribution in [1.29, 1.82) is 0 Å². The topological polar surface area (TPSA) is 157 Å². The maximum atomic E-state index is 15.4. The number of benzene rings is 1. The van der Waals surface area contributed by atoms with Gasteiger partial charge in [0.25, 0.3) is 5.91 Å². The number of fused-ring (bicyclic) bond motifs is 2. The first kappa shape index (κ1) is 39.2. The number of nitrogens with one attached hydrogen (secondary N) is 2. The Bertz CT molecular complexity index is 2230. The smallest absolute Gasteiger partial charge is 0.258 e. The number of aromatic nitrogens is 5. The van der Waals surface area contributed by atoms with Crippen molar-refractivity contribution < 1.29 is 23.5 Å². The lowest BCUT2D eigenvalue weighted by molar-refractivity contribution is -0.136. The lowest BCUT2D eigenvalue weighted by Crippen LogP contribution is -2.53. The van der Waals surface area contributed by atoms with Gasteiger partial charge in [0.15, 0.2) is 5.82 Å². The molecule has 0 saturated carbocycles. The summed E-state index contributed by atoms with van der Waals surface area (Å²) >= 11 is 0. The van der Waals surface area contributed by atoms with E-state index < -0.39 is 23.7 Å². The molecule has 0 spiro atoms. The van der Waals surface area contributed by atoms with Crippen LogP contribution in [0.5, 0.6) is 0 Å². The number of pyridine rings is 1. The first-order valence-corrected chi connectivity index (χ1v) is 21.0. The van der Waals surface area contributed by atoms with Gasteiger partial charge in [-0.2, -0.15) is 10.1 Å². The van der Waals surface area contributed by atoms with E-state index in [-0.39, 0.29) is 43.0 Å². The fourth-order valence-corrected chi connectivity index (χ4v) is 9.50. The van der Waals surface area contributed by atoms with Crippen LogP contribution in [0.15, 0.2) is 36.7 Å². The molecular weight excluding hydrogens is 756 g/mol. The maximum absolute atomic E-state index is 15.4. The number of nitrogens with zero attached hydrogens (tertiary/aromatic N) is 10. The molecule has 1 atom stereocenters. The van der Waals surface area contributed by atoms with E-state index in [1.165, 1.54) is 11.0 Å². The van der Waals surface area contributed by atoms with Crippen molar-refractivity contribution in [3.8, 4) is 0 Å². The Morgan fingerprint density at radius 3 is 2.41 bits per heavy atom. The van der Waals surface area contributed by atoms with Crippen molar-refractivity contribution in [2.24, 2.45) is 0 Å². The molecule has 5 aliphatic heterocycles. The van der Waals surface area contributed by atoms with Gasteiger partial charge >= 0.3 is 0 Å². The Kier molecular flexibility index (Phi) is 10.9. The molecule has 59 heavy (non-hydrogen) atoms. The highest BCUT2D eigenvalue weighted by Crippen LogP contribution is 2.34. The highest BCUT2D eigenvalue weighted by Gasteiger charge is 2.41. The second-order valence-electron chi connectivity index (χ2n) is 16.8. The summed E-state index contributed by atoms with van der Waals surface area (Å²) in [6.07, 6.45) is 8.41. The predicted octanol–water partition coefficient (Wildman–Crippen LogP) is 3.85. The van der Waals surface area contributed by atoms with Crippen molar-refractivity contribution in [1.82, 2.24) is 44.7 Å². The summed E-state index contributed by atoms with van der Waals surface area (Å²) in [7, 11) is 1.77. The van der Waals surface area contributed by atoms with Gasteiger partial charge in [0.05, 0.1) is 22.6 Å². The van der Waals surface area contributed by atoms with Crippen LogP contribution in [-0.4, -0.2) is 135 Å². The van der Waals surface area contributed by atoms with Crippen molar-refractivity contribution in [2.75, 3.05) is 74.6 Å². The average Bonchev–Trinajstić information content (AvgIpc) is 3.79. The number of imide groups is 1. The third-order valence-corrected chi connectivity index (χ3v) is 12.7. The summed E-state index contributed by atoms with van der Waals surface area (Å²) in [4.78, 5) is 62.3. The van der Waals surface area contributed by atoms with Crippen LogP contribution < -0.4 is 20.4 Å². The van der Waals surface area contributed by atoms with Gasteiger partial charge in [-0.25, -0.2) is 14.4 Å². The largest absolute Gasteiger partial charge is 0.381 e. The number of ether oxygens (including phenoxy) is 1. The van der Waals surface area contributed by atoms with E-state index in [0.29, 0.717) is 35.7 Å². The molecule has 5 aliphatic rings. The zero-order valence-electron chi connectivity index (χ0n) is 34.1. The number of rotatable bonds is 10. The van der Waals surface area contributed by atoms with Crippen molar-refractivity contribution >= 4 is 52.0 Å². The van der Waals surface area contributed by atoms with Crippen LogP contribution in [0, 0.1) is 5.82 Å². The number of hydrogen-bond acceptors (Lipinski definition) is 13. The van der Waals surface area contributed by atoms with Crippen molar-refractivity contribution in [2.45, 2.75) is 89.7 Å². The molecule has 4 saturated heterocycles. The van der Waals surface area contributed by atoms with Gasteiger partial charge in [-0.05, 0) is 69.2 Å². The summed E-state index contributed by atoms with van der Waals surface area (Å²) in [6.45, 7) is 12.2. The normalized spacial score (nSPS) is 21.5. The third-order valence-electron chi connectivity index (χ3n) is 12.7. The first-order chi connectivity index (χ1) is 28.6. The second kappa shape index (κ2) is 16.4. The minimum atomic E-state index is -0.763. The van der Waals surface area contributed by atoms with Crippen LogP contribution in [0.3, 0.4) is 0 Å². The van der Waals surface area contributed by atoms with Gasteiger partial charge in [0, 0.05) is 110 Å². The minimum absolute atomic E-state index is 0.0405. The van der Waals surface area contributed by atoms with Crippen LogP contribution in [0.2, 0.25) is 0 Å². The Balaban J connectivity index is 0.793. The fourth-order valence-electron chi connectivity index (χ4n) is 9.50. The second-order valence-corrected chi connectivity index (χ2v) is 16.8. The molecule has 1 unspecified atom stereocenters. The van der Waals surface area contributed by atoms with E-state index in [1.807, 2.05) is 18.3 Å². The number of methoxy groups -OCH3 is 1. The maximum Gasteiger partial charge on any atom is 0.258 e. The zero-order valence-corrected chi connectivity index (χ0v) is 34.1. The van der Waals surface area contributed by atoms with Crippen molar-refractivity contribution in [3.63, 3.8) is 0 Å². The molecule has 0 bridgehead atoms. The number of amides is 3. The Morgan fingerprint density at radius 2 is 1.68 bits per heavy atom. The average molecular weight is 809 g/mol. The molecule has 4 fully saturated rings. The highest BCUT2D eigenvalue weighted by molar-refractivity contribution is 6.05. The number of piperidine rings is 3. The van der Waals surface area contributed by atoms with Crippen molar-refractivity contribution in [3.05, 3.63) is 59.2 Å². The van der Waals surface area contributed by atoms with E-state index in [2.05, 4.69) is 59.8 Å². The lowest BCUT2D eigenvalue weighted by atomic mass is 10.0. The molecule has 2 N–H and O–H groups in total. The van der Waals surface area contributed by atoms with Gasteiger partial charge in [-0.1, -0.05) is 6.07 Å². The fraction of sp³-hybridized carbons (Fsp3) is 0.548. The van der Waals surface area contributed by atoms with Gasteiger partial charge in [0.2, 0.25) is 17.8 Å². The zero-order chi connectivity index (χ0) is 40.8. The summed E-state index contributed by atoms with van der Waals surface area (Å²) in [5.74, 6) is 1.22. The van der Waals surface area contributed by atoms with E-state index in [4.69, 9.17) is 19.8 Å². The molecular formula is C42H53FN12O4. The molecule has 312 valence electrons. The summed E-state index contributed by atoms with van der Waals surface area (Å²) in [5, 5.41) is 11.9. The quantitative estimate of drug-likeness (QED) is 0.223. The summed E-state index contributed by atoms with van der Waals surface area (Å²) < 4.78 is 23.0. The SMILES string of the molecule is COC1CCN(c2nccc(Nc3cc4c(cn3)c(N3CCC(N5CCN(Cc6cc(F)c7c(c6)CN(C6CCC(=O)NC6=O)C7=O)CC5)CC3)nn4C(C)C)n2)CC1. The molecule has 4 aromatic rings. The molecule has 8 heterocycles. The van der Waals surface area contributed by atoms with Gasteiger partial charge in [0.1, 0.15) is 23.5 Å². The Labute approximate surface area is 343 Å². The van der Waals surface area contributed by atoms with Crippen LogP contribution in [-0.2, 0) is 27.4 Å². The standard InChI is InChI=1S/C42H53FN12O4/c1-26(2)55-34-22-36(46-35-6-11-44-42(47-35)53-14-9-30(59-3)10-15-53)45-23-31(34)39(49-55)52-12-7-29(8-13-52)51-18-16-50(17-19-51)24-27-20-28-25-54(41(58)38(28)32(43)21-27)33-4-5-37(56)48-40(33)57/h6,11,20-23,26,29-30,33H,4-5,7-10,12-19,24-25H2,1-3H3,(H,48,56,57)(H,44,45,46,47). The number of piperazine rings is 1. The van der Waals surface area contributed by atoms with E-state index in [0.717, 1.165) is 100 Å². The van der Waals surface area contributed by atoms with E-state index >= 15 is 4.39 Å². The Morgan fingerprint density at radius 1 is 0.915 bits per heavy atom. The first-order valence-electron chi connectivity index (χ1n) is 21.0. The predicted molar refractivity (Wildman–Crippen MR) is 220 cm³/mol. The molecule has 3 amide bonds. The number of carbonyl (C=O) groups excluding carboxylic acids is 3. The number of halogens is 1. The lowest BCUT2D eigenvalue weighted by Gasteiger charge is -2.43. The molecule has 3 aromatic heterocycles. The minimum Gasteiger partial charge on any atom is -0.381 e. The molecule has 17 heteroatoms. The Hall–Kier alpha value is -5.26. The summed E-state index contributed by atoms with van der Waals surface area (Å²) in [6, 6.07) is 7.19. The van der Waals surface area contributed by atoms with E-state index in [9.17, 15) is 14.4 Å². The highest BCUT2D eigenvalue weighted by atomic mass is 19.1. The van der Waals surface area contributed by atoms with Gasteiger partial charge in [-0.3, -0.25) is 34.2 Å². The molecule has 0 aliphatic carbocycles. The number of carbonyl (C=O) groups is 3. The summed E-state index contributed by atoms with van der Waals surface area (Å²) in [5.41, 5.74) is 2.50. The molecule has 9 rings (SSSR count). The number of anilines is 4. The van der Waals surface area contributed by atoms with Crippen LogP contribution in [0.4, 0.5) is 27.8 Å². The monoisotopic (exact) mass is 808 g/mol. The van der Waals surface area contributed by atoms with Crippen LogP contribution in [0.25, 0.3) is 10.9 Å².